The van der Waals surface area contributed by atoms with Crippen LogP contribution in [0.15, 0.2) is 17.0 Å². The summed E-state index contributed by atoms with van der Waals surface area (Å²) in [5, 5.41) is -0.548. The molecule has 0 aromatic heterocycles. The lowest BCUT2D eigenvalue weighted by Gasteiger charge is -2.12. The second-order valence-electron chi connectivity index (χ2n) is 4.90. The van der Waals surface area contributed by atoms with E-state index in [1.165, 1.54) is 0 Å². The van der Waals surface area contributed by atoms with E-state index in [9.17, 15) is 8.42 Å². The predicted molar refractivity (Wildman–Crippen MR) is 70.2 cm³/mol. The molecule has 2 heterocycles. The van der Waals surface area contributed by atoms with Crippen LogP contribution in [-0.2, 0) is 9.84 Å². The van der Waals surface area contributed by atoms with Crippen molar-refractivity contribution in [1.29, 1.82) is 0 Å². The van der Waals surface area contributed by atoms with Gasteiger partial charge in [-0.15, -0.1) is 0 Å². The van der Waals surface area contributed by atoms with E-state index in [4.69, 9.17) is 15.2 Å². The van der Waals surface area contributed by atoms with Gasteiger partial charge < -0.3 is 15.2 Å². The Balaban J connectivity index is 2.17. The Morgan fingerprint density at radius 3 is 2.53 bits per heavy atom. The van der Waals surface area contributed by atoms with Gasteiger partial charge in [-0.3, -0.25) is 0 Å². The zero-order valence-electron chi connectivity index (χ0n) is 10.8. The Labute approximate surface area is 112 Å². The maximum absolute atomic E-state index is 12.4. The van der Waals surface area contributed by atoms with Crippen LogP contribution in [0, 0.1) is 0 Å². The Morgan fingerprint density at radius 1 is 1.26 bits per heavy atom. The first kappa shape index (κ1) is 12.7. The molecule has 0 fully saturated rings. The fourth-order valence-electron chi connectivity index (χ4n) is 2.74. The zero-order chi connectivity index (χ0) is 13.6. The highest BCUT2D eigenvalue weighted by atomic mass is 32.2. The molecule has 2 aliphatic heterocycles. The molecule has 2 unspecified atom stereocenters. The normalized spacial score (nSPS) is 27.7. The summed E-state index contributed by atoms with van der Waals surface area (Å²) in [5.74, 6) is 1.10. The molecule has 1 aromatic carbocycles. The largest absolute Gasteiger partial charge is 0.490 e. The molecule has 2 N–H and O–H groups in total. The Bertz CT molecular complexity index is 611. The van der Waals surface area contributed by atoms with Crippen molar-refractivity contribution in [2.75, 3.05) is 13.2 Å². The highest BCUT2D eigenvalue weighted by Gasteiger charge is 2.43. The molecule has 19 heavy (non-hydrogen) atoms. The van der Waals surface area contributed by atoms with E-state index < -0.39 is 21.1 Å². The lowest BCUT2D eigenvalue weighted by molar-refractivity contribution is 0.296. The minimum absolute atomic E-state index is 0.302. The second kappa shape index (κ2) is 4.38. The van der Waals surface area contributed by atoms with Crippen molar-refractivity contribution in [2.24, 2.45) is 5.73 Å². The average Bonchev–Trinajstić information content (AvgIpc) is 2.56. The number of benzene rings is 1. The quantitative estimate of drug-likeness (QED) is 0.843. The Hall–Kier alpha value is -1.27. The number of ether oxygens (including phenoxy) is 2. The molecule has 0 saturated heterocycles. The molecule has 2 atom stereocenters. The van der Waals surface area contributed by atoms with Gasteiger partial charge in [0.2, 0.25) is 0 Å². The lowest BCUT2D eigenvalue weighted by Crippen LogP contribution is -2.25. The monoisotopic (exact) mass is 283 g/mol. The average molecular weight is 283 g/mol. The third-order valence-electron chi connectivity index (χ3n) is 3.75. The van der Waals surface area contributed by atoms with Crippen LogP contribution < -0.4 is 15.2 Å². The summed E-state index contributed by atoms with van der Waals surface area (Å²) in [7, 11) is -3.35. The fraction of sp³-hybridized carbons (Fsp3) is 0.538. The zero-order valence-corrected chi connectivity index (χ0v) is 11.6. The molecule has 0 amide bonds. The maximum atomic E-state index is 12.4. The third-order valence-corrected chi connectivity index (χ3v) is 6.14. The molecular weight excluding hydrogens is 266 g/mol. The first-order valence-electron chi connectivity index (χ1n) is 6.48. The number of hydrogen-bond acceptors (Lipinski definition) is 5. The van der Waals surface area contributed by atoms with Gasteiger partial charge in [-0.1, -0.05) is 6.92 Å². The summed E-state index contributed by atoms with van der Waals surface area (Å²) in [5.41, 5.74) is 6.72. The molecule has 0 aliphatic carbocycles. The molecule has 2 aliphatic rings. The minimum atomic E-state index is -3.35. The SMILES string of the molecule is CCC1C(N)c2cc3c(cc2S1(=O)=O)OCCCO3. The fourth-order valence-corrected chi connectivity index (χ4v) is 4.83. The van der Waals surface area contributed by atoms with Crippen LogP contribution in [0.4, 0.5) is 0 Å². The number of rotatable bonds is 1. The van der Waals surface area contributed by atoms with Crippen LogP contribution >= 0.6 is 0 Å². The van der Waals surface area contributed by atoms with Crippen molar-refractivity contribution in [3.8, 4) is 11.5 Å². The summed E-state index contributed by atoms with van der Waals surface area (Å²) >= 11 is 0. The van der Waals surface area contributed by atoms with Gasteiger partial charge in [0.25, 0.3) is 0 Å². The standard InChI is InChI=1S/C13H17NO4S/c1-2-11-13(14)8-6-9-10(18-5-3-4-17-9)7-12(8)19(11,15)16/h6-7,11,13H,2-5,14H2,1H3. The van der Waals surface area contributed by atoms with Gasteiger partial charge in [0.1, 0.15) is 0 Å². The van der Waals surface area contributed by atoms with E-state index in [2.05, 4.69) is 0 Å². The van der Waals surface area contributed by atoms with Gasteiger partial charge in [0.15, 0.2) is 21.3 Å². The summed E-state index contributed by atoms with van der Waals surface area (Å²) < 4.78 is 36.0. The first-order chi connectivity index (χ1) is 9.05. The van der Waals surface area contributed by atoms with Crippen molar-refractivity contribution in [1.82, 2.24) is 0 Å². The summed E-state index contributed by atoms with van der Waals surface area (Å²) in [6.45, 7) is 2.95. The molecule has 5 nitrogen and oxygen atoms in total. The number of nitrogens with two attached hydrogens (primary N) is 1. The number of hydrogen-bond donors (Lipinski definition) is 1. The maximum Gasteiger partial charge on any atom is 0.183 e. The molecular formula is C13H17NO4S. The predicted octanol–water partition coefficient (Wildman–Crippen LogP) is 1.41. The third kappa shape index (κ3) is 1.81. The van der Waals surface area contributed by atoms with E-state index >= 15 is 0 Å². The molecule has 0 radical (unpaired) electrons. The van der Waals surface area contributed by atoms with Crippen LogP contribution in [0.3, 0.4) is 0 Å². The van der Waals surface area contributed by atoms with Crippen LogP contribution in [0.1, 0.15) is 31.4 Å². The van der Waals surface area contributed by atoms with E-state index in [1.54, 1.807) is 12.1 Å². The smallest absolute Gasteiger partial charge is 0.183 e. The van der Waals surface area contributed by atoms with Gasteiger partial charge >= 0.3 is 0 Å². The van der Waals surface area contributed by atoms with Crippen molar-refractivity contribution >= 4 is 9.84 Å². The molecule has 0 spiro atoms. The number of sulfone groups is 1. The van der Waals surface area contributed by atoms with Crippen LogP contribution in [0.25, 0.3) is 0 Å². The van der Waals surface area contributed by atoms with Gasteiger partial charge in [-0.25, -0.2) is 8.42 Å². The van der Waals surface area contributed by atoms with Gasteiger partial charge in [0, 0.05) is 18.5 Å². The van der Waals surface area contributed by atoms with E-state index in [0.29, 0.717) is 41.6 Å². The number of fused-ring (bicyclic) bond motifs is 2. The van der Waals surface area contributed by atoms with Crippen molar-refractivity contribution < 1.29 is 17.9 Å². The van der Waals surface area contributed by atoms with Crippen molar-refractivity contribution in [3.63, 3.8) is 0 Å². The second-order valence-corrected chi connectivity index (χ2v) is 7.04. The molecule has 0 bridgehead atoms. The first-order valence-corrected chi connectivity index (χ1v) is 8.03. The highest BCUT2D eigenvalue weighted by molar-refractivity contribution is 7.92. The van der Waals surface area contributed by atoms with Gasteiger partial charge in [-0.05, 0) is 18.1 Å². The van der Waals surface area contributed by atoms with Crippen molar-refractivity contribution in [3.05, 3.63) is 17.7 Å². The summed E-state index contributed by atoms with van der Waals surface area (Å²) in [6, 6.07) is 2.82. The summed E-state index contributed by atoms with van der Waals surface area (Å²) in [6.07, 6.45) is 1.29. The minimum Gasteiger partial charge on any atom is -0.490 e. The van der Waals surface area contributed by atoms with Gasteiger partial charge in [-0.2, -0.15) is 0 Å². The van der Waals surface area contributed by atoms with Crippen LogP contribution in [-0.4, -0.2) is 26.9 Å². The molecule has 0 saturated carbocycles. The Kier molecular flexibility index (Phi) is 2.94. The topological polar surface area (TPSA) is 78.6 Å². The molecule has 104 valence electrons. The molecule has 6 heteroatoms. The Morgan fingerprint density at radius 2 is 1.89 bits per heavy atom. The molecule has 1 aromatic rings. The van der Waals surface area contributed by atoms with E-state index in [1.807, 2.05) is 6.92 Å². The van der Waals surface area contributed by atoms with E-state index in [0.717, 1.165) is 6.42 Å². The van der Waals surface area contributed by atoms with Crippen molar-refractivity contribution in [2.45, 2.75) is 36.0 Å². The van der Waals surface area contributed by atoms with E-state index in [-0.39, 0.29) is 0 Å². The van der Waals surface area contributed by atoms with Crippen LogP contribution in [0.5, 0.6) is 11.5 Å². The highest BCUT2D eigenvalue weighted by Crippen LogP contribution is 2.44. The summed E-state index contributed by atoms with van der Waals surface area (Å²) in [4.78, 5) is 0.302. The molecule has 3 rings (SSSR count). The lowest BCUT2D eigenvalue weighted by atomic mass is 10.0. The van der Waals surface area contributed by atoms with Crippen LogP contribution in [0.2, 0.25) is 0 Å². The van der Waals surface area contributed by atoms with Gasteiger partial charge in [0.05, 0.1) is 23.4 Å².